The van der Waals surface area contributed by atoms with Crippen LogP contribution < -0.4 is 9.70 Å². The Bertz CT molecular complexity index is 965. The topological polar surface area (TPSA) is 32.9 Å². The summed E-state index contributed by atoms with van der Waals surface area (Å²) in [6.07, 6.45) is 1.88. The maximum Gasteiger partial charge on any atom is 0.205 e. The first-order chi connectivity index (χ1) is 13.2. The van der Waals surface area contributed by atoms with Crippen LogP contribution in [0.5, 0.6) is 0 Å². The Morgan fingerprint density at radius 1 is 1.04 bits per heavy atom. The lowest BCUT2D eigenvalue weighted by atomic mass is 10.2. The van der Waals surface area contributed by atoms with Crippen LogP contribution in [-0.4, -0.2) is 31.0 Å². The number of anilines is 1. The van der Waals surface area contributed by atoms with Crippen molar-refractivity contribution in [2.75, 3.05) is 25.0 Å². The van der Waals surface area contributed by atoms with Crippen LogP contribution in [0.1, 0.15) is 19.4 Å². The zero-order valence-electron chi connectivity index (χ0n) is 15.8. The Kier molecular flexibility index (Phi) is 6.63. The van der Waals surface area contributed by atoms with Crippen molar-refractivity contribution in [1.82, 2.24) is 4.68 Å². The molecule has 0 amide bonds. The van der Waals surface area contributed by atoms with Gasteiger partial charge >= 0.3 is 0 Å². The van der Waals surface area contributed by atoms with Crippen LogP contribution in [0.25, 0.3) is 11.3 Å². The molecular formula is C21H23BrN4S. The van der Waals surface area contributed by atoms with Crippen LogP contribution in [0, 0.1) is 0 Å². The Morgan fingerprint density at radius 2 is 1.70 bits per heavy atom. The summed E-state index contributed by atoms with van der Waals surface area (Å²) in [6.45, 7) is 6.36. The van der Waals surface area contributed by atoms with Crippen molar-refractivity contribution in [3.05, 3.63) is 68.7 Å². The number of hydrogen-bond acceptors (Lipinski definition) is 4. The van der Waals surface area contributed by atoms with E-state index in [4.69, 9.17) is 5.10 Å². The average Bonchev–Trinajstić information content (AvgIpc) is 3.12. The average molecular weight is 443 g/mol. The molecule has 0 radical (unpaired) electrons. The van der Waals surface area contributed by atoms with Crippen LogP contribution in [0.2, 0.25) is 0 Å². The van der Waals surface area contributed by atoms with Crippen molar-refractivity contribution in [3.8, 4) is 11.3 Å². The van der Waals surface area contributed by atoms with Gasteiger partial charge in [-0.25, -0.2) is 4.68 Å². The molecule has 0 fully saturated rings. The Morgan fingerprint density at radius 3 is 2.30 bits per heavy atom. The summed E-state index contributed by atoms with van der Waals surface area (Å²) in [5.41, 5.74) is 4.44. The summed E-state index contributed by atoms with van der Waals surface area (Å²) >= 11 is 5.07. The van der Waals surface area contributed by atoms with Crippen molar-refractivity contribution in [2.24, 2.45) is 10.1 Å². The summed E-state index contributed by atoms with van der Waals surface area (Å²) in [6, 6.07) is 16.7. The van der Waals surface area contributed by atoms with E-state index in [1.807, 2.05) is 23.0 Å². The molecule has 4 nitrogen and oxygen atoms in total. The van der Waals surface area contributed by atoms with Crippen molar-refractivity contribution in [3.63, 3.8) is 0 Å². The first-order valence-electron chi connectivity index (χ1n) is 8.95. The van der Waals surface area contributed by atoms with E-state index in [1.54, 1.807) is 18.4 Å². The second-order valence-corrected chi connectivity index (χ2v) is 7.71. The van der Waals surface area contributed by atoms with Crippen LogP contribution in [0.4, 0.5) is 5.69 Å². The first-order valence-corrected chi connectivity index (χ1v) is 10.6. The lowest BCUT2D eigenvalue weighted by molar-refractivity contribution is 0.848. The quantitative estimate of drug-likeness (QED) is 0.480. The Hall–Kier alpha value is -2.18. The SMILES string of the molecule is CCN(CC)c1ccc(C=Nn2c(-c3ccc(Br)cc3)csc2=NC)cc1. The standard InChI is InChI=1S/C21H23BrN4S/c1-4-25(5-2)19-12-6-16(7-13-19)14-24-26-20(15-27-21(26)23-3)17-8-10-18(22)11-9-17/h6-15H,4-5H2,1-3H3. The lowest BCUT2D eigenvalue weighted by Gasteiger charge is -2.20. The molecule has 0 saturated heterocycles. The molecule has 2 aromatic carbocycles. The van der Waals surface area contributed by atoms with Crippen molar-refractivity contribution >= 4 is 39.2 Å². The fourth-order valence-corrected chi connectivity index (χ4v) is 3.93. The second-order valence-electron chi connectivity index (χ2n) is 5.95. The largest absolute Gasteiger partial charge is 0.372 e. The third-order valence-electron chi connectivity index (χ3n) is 4.36. The number of benzene rings is 2. The molecule has 1 aromatic heterocycles. The van der Waals surface area contributed by atoms with Gasteiger partial charge < -0.3 is 4.90 Å². The minimum absolute atomic E-state index is 0.865. The monoisotopic (exact) mass is 442 g/mol. The third kappa shape index (κ3) is 4.57. The van der Waals surface area contributed by atoms with E-state index in [0.29, 0.717) is 0 Å². The van der Waals surface area contributed by atoms with Gasteiger partial charge in [-0.1, -0.05) is 40.2 Å². The van der Waals surface area contributed by atoms with Gasteiger partial charge in [-0.2, -0.15) is 5.10 Å². The molecule has 0 spiro atoms. The molecule has 0 N–H and O–H groups in total. The van der Waals surface area contributed by atoms with Gasteiger partial charge in [-0.15, -0.1) is 11.3 Å². The van der Waals surface area contributed by atoms with Gasteiger partial charge in [0, 0.05) is 41.2 Å². The zero-order chi connectivity index (χ0) is 19.2. The van der Waals surface area contributed by atoms with Crippen LogP contribution in [0.15, 0.2) is 68.5 Å². The number of nitrogens with zero attached hydrogens (tertiary/aromatic N) is 4. The van der Waals surface area contributed by atoms with Gasteiger partial charge in [-0.05, 0) is 43.7 Å². The number of aromatic nitrogens is 1. The highest BCUT2D eigenvalue weighted by Gasteiger charge is 2.07. The van der Waals surface area contributed by atoms with Crippen molar-refractivity contribution in [1.29, 1.82) is 0 Å². The Balaban J connectivity index is 1.91. The number of thiazole rings is 1. The van der Waals surface area contributed by atoms with E-state index in [1.165, 1.54) is 5.69 Å². The molecule has 6 heteroatoms. The minimum Gasteiger partial charge on any atom is -0.372 e. The molecule has 0 atom stereocenters. The summed E-state index contributed by atoms with van der Waals surface area (Å²) in [7, 11) is 1.79. The number of rotatable bonds is 6. The van der Waals surface area contributed by atoms with Crippen LogP contribution in [0.3, 0.4) is 0 Å². The molecule has 0 bridgehead atoms. The molecule has 3 rings (SSSR count). The molecule has 27 heavy (non-hydrogen) atoms. The lowest BCUT2D eigenvalue weighted by Crippen LogP contribution is -2.21. The summed E-state index contributed by atoms with van der Waals surface area (Å²) in [5, 5.41) is 6.79. The number of halogens is 1. The molecule has 1 heterocycles. The summed E-state index contributed by atoms with van der Waals surface area (Å²) < 4.78 is 2.96. The third-order valence-corrected chi connectivity index (χ3v) is 5.80. The maximum atomic E-state index is 4.70. The smallest absolute Gasteiger partial charge is 0.205 e. The molecule has 0 aliphatic heterocycles. The van der Waals surface area contributed by atoms with E-state index in [0.717, 1.165) is 39.2 Å². The van der Waals surface area contributed by atoms with E-state index in [9.17, 15) is 0 Å². The second kappa shape index (κ2) is 9.15. The van der Waals surface area contributed by atoms with Crippen molar-refractivity contribution < 1.29 is 0 Å². The van der Waals surface area contributed by atoms with Gasteiger partial charge in [0.15, 0.2) is 0 Å². The minimum atomic E-state index is 0.865. The van der Waals surface area contributed by atoms with Gasteiger partial charge in [0.1, 0.15) is 0 Å². The predicted octanol–water partition coefficient (Wildman–Crippen LogP) is 5.24. The Labute approximate surface area is 172 Å². The highest BCUT2D eigenvalue weighted by molar-refractivity contribution is 9.10. The van der Waals surface area contributed by atoms with Crippen LogP contribution in [-0.2, 0) is 0 Å². The first kappa shape index (κ1) is 19.6. The zero-order valence-corrected chi connectivity index (χ0v) is 18.2. The van der Waals surface area contributed by atoms with Crippen molar-refractivity contribution in [2.45, 2.75) is 13.8 Å². The molecule has 140 valence electrons. The van der Waals surface area contributed by atoms with E-state index in [2.05, 4.69) is 81.4 Å². The fourth-order valence-electron chi connectivity index (χ4n) is 2.87. The van der Waals surface area contributed by atoms with E-state index < -0.39 is 0 Å². The van der Waals surface area contributed by atoms with Gasteiger partial charge in [-0.3, -0.25) is 4.99 Å². The molecule has 3 aromatic rings. The van der Waals surface area contributed by atoms with Crippen LogP contribution >= 0.6 is 27.3 Å². The normalized spacial score (nSPS) is 12.1. The van der Waals surface area contributed by atoms with E-state index >= 15 is 0 Å². The predicted molar refractivity (Wildman–Crippen MR) is 120 cm³/mol. The molecule has 0 aliphatic carbocycles. The molecular weight excluding hydrogens is 420 g/mol. The summed E-state index contributed by atoms with van der Waals surface area (Å²) in [4.78, 5) is 7.55. The molecule has 0 unspecified atom stereocenters. The molecule has 0 aliphatic rings. The highest BCUT2D eigenvalue weighted by atomic mass is 79.9. The van der Waals surface area contributed by atoms with E-state index in [-0.39, 0.29) is 0 Å². The van der Waals surface area contributed by atoms with Gasteiger partial charge in [0.2, 0.25) is 4.80 Å². The maximum absolute atomic E-state index is 4.70. The highest BCUT2D eigenvalue weighted by Crippen LogP contribution is 2.22. The fraction of sp³-hybridized carbons (Fsp3) is 0.238. The van der Waals surface area contributed by atoms with Gasteiger partial charge in [0.05, 0.1) is 11.9 Å². The summed E-state index contributed by atoms with van der Waals surface area (Å²) in [5.74, 6) is 0. The molecule has 0 saturated carbocycles. The van der Waals surface area contributed by atoms with Gasteiger partial charge in [0.25, 0.3) is 0 Å². The number of hydrogen-bond donors (Lipinski definition) is 0.